The number of rotatable bonds is 4. The second-order valence-electron chi connectivity index (χ2n) is 7.41. The summed E-state index contributed by atoms with van der Waals surface area (Å²) >= 11 is 3.61. The maximum Gasteiger partial charge on any atom is 0.338 e. The third kappa shape index (κ3) is 3.19. The summed E-state index contributed by atoms with van der Waals surface area (Å²) in [6.45, 7) is 1.97. The molecule has 0 spiro atoms. The van der Waals surface area contributed by atoms with Crippen molar-refractivity contribution in [2.24, 2.45) is 5.92 Å². The van der Waals surface area contributed by atoms with Crippen molar-refractivity contribution in [1.82, 2.24) is 0 Å². The van der Waals surface area contributed by atoms with Crippen molar-refractivity contribution in [2.75, 3.05) is 26.6 Å². The number of allylic oxidation sites excluding steroid dienone is 2. The Labute approximate surface area is 179 Å². The zero-order chi connectivity index (χ0) is 20.7. The number of nitrogens with one attached hydrogen (secondary N) is 1. The third-order valence-corrected chi connectivity index (χ3v) is 6.61. The van der Waals surface area contributed by atoms with E-state index in [-0.39, 0.29) is 12.0 Å². The SMILES string of the molecule is COC(=O)c1ccc2c(c1C)N[C@H](c1cc(Br)c(OC)c(OC)c1)[C@H]1CC=C[C@@H]21. The van der Waals surface area contributed by atoms with Gasteiger partial charge in [-0.15, -0.1) is 0 Å². The van der Waals surface area contributed by atoms with Gasteiger partial charge in [-0.05, 0) is 70.1 Å². The molecule has 29 heavy (non-hydrogen) atoms. The summed E-state index contributed by atoms with van der Waals surface area (Å²) in [5.41, 5.74) is 4.85. The second-order valence-corrected chi connectivity index (χ2v) is 8.26. The number of esters is 1. The predicted octanol–water partition coefficient (Wildman–Crippen LogP) is 5.39. The molecule has 0 amide bonds. The van der Waals surface area contributed by atoms with Crippen molar-refractivity contribution in [3.05, 3.63) is 63.1 Å². The molecular weight excluding hydrogens is 434 g/mol. The summed E-state index contributed by atoms with van der Waals surface area (Å²) in [5, 5.41) is 3.72. The molecule has 152 valence electrons. The zero-order valence-corrected chi connectivity index (χ0v) is 18.5. The van der Waals surface area contributed by atoms with Crippen molar-refractivity contribution in [2.45, 2.75) is 25.3 Å². The average Bonchev–Trinajstić information content (AvgIpc) is 3.22. The van der Waals surface area contributed by atoms with Crippen LogP contribution in [-0.4, -0.2) is 27.3 Å². The molecule has 0 saturated carbocycles. The molecule has 2 aromatic rings. The Balaban J connectivity index is 1.83. The van der Waals surface area contributed by atoms with Crippen LogP contribution in [0.25, 0.3) is 0 Å². The van der Waals surface area contributed by atoms with E-state index in [9.17, 15) is 4.79 Å². The van der Waals surface area contributed by atoms with Crippen molar-refractivity contribution in [1.29, 1.82) is 0 Å². The Morgan fingerprint density at radius 3 is 2.66 bits per heavy atom. The van der Waals surface area contributed by atoms with Gasteiger partial charge in [-0.2, -0.15) is 0 Å². The van der Waals surface area contributed by atoms with Crippen molar-refractivity contribution < 1.29 is 19.0 Å². The molecule has 5 nitrogen and oxygen atoms in total. The van der Waals surface area contributed by atoms with Gasteiger partial charge in [0.1, 0.15) is 0 Å². The Hall–Kier alpha value is -2.47. The first-order chi connectivity index (χ1) is 14.0. The van der Waals surface area contributed by atoms with E-state index in [0.717, 1.165) is 27.7 Å². The molecule has 0 unspecified atom stereocenters. The van der Waals surface area contributed by atoms with Gasteiger partial charge < -0.3 is 19.5 Å². The first-order valence-corrected chi connectivity index (χ1v) is 10.4. The lowest BCUT2D eigenvalue weighted by molar-refractivity contribution is 0.0600. The molecule has 1 aliphatic heterocycles. The van der Waals surface area contributed by atoms with Crippen LogP contribution in [0.2, 0.25) is 0 Å². The number of methoxy groups -OCH3 is 3. The van der Waals surface area contributed by atoms with Crippen molar-refractivity contribution >= 4 is 27.6 Å². The van der Waals surface area contributed by atoms with Crippen LogP contribution in [-0.2, 0) is 4.74 Å². The molecule has 3 atom stereocenters. The minimum atomic E-state index is -0.318. The lowest BCUT2D eigenvalue weighted by atomic mass is 9.76. The van der Waals surface area contributed by atoms with E-state index in [2.05, 4.69) is 45.5 Å². The summed E-state index contributed by atoms with van der Waals surface area (Å²) in [7, 11) is 4.69. The fourth-order valence-electron chi connectivity index (χ4n) is 4.59. The molecule has 0 saturated heterocycles. The summed E-state index contributed by atoms with van der Waals surface area (Å²) in [5.74, 6) is 1.73. The second kappa shape index (κ2) is 7.75. The lowest BCUT2D eigenvalue weighted by Gasteiger charge is -2.39. The first-order valence-electron chi connectivity index (χ1n) is 9.56. The van der Waals surface area contributed by atoms with Gasteiger partial charge in [0.15, 0.2) is 11.5 Å². The van der Waals surface area contributed by atoms with E-state index < -0.39 is 0 Å². The highest BCUT2D eigenvalue weighted by atomic mass is 79.9. The zero-order valence-electron chi connectivity index (χ0n) is 16.9. The van der Waals surface area contributed by atoms with Gasteiger partial charge in [0.25, 0.3) is 0 Å². The highest BCUT2D eigenvalue weighted by molar-refractivity contribution is 9.10. The van der Waals surface area contributed by atoms with Crippen LogP contribution in [0.1, 0.15) is 45.4 Å². The van der Waals surface area contributed by atoms with Crippen molar-refractivity contribution in [3.63, 3.8) is 0 Å². The van der Waals surface area contributed by atoms with Gasteiger partial charge in [-0.3, -0.25) is 0 Å². The maximum absolute atomic E-state index is 12.2. The number of halogens is 1. The first kappa shape index (κ1) is 19.8. The van der Waals surface area contributed by atoms with E-state index in [1.54, 1.807) is 14.2 Å². The smallest absolute Gasteiger partial charge is 0.338 e. The number of benzene rings is 2. The van der Waals surface area contributed by atoms with Crippen molar-refractivity contribution in [3.8, 4) is 11.5 Å². The van der Waals surface area contributed by atoms with E-state index >= 15 is 0 Å². The summed E-state index contributed by atoms with van der Waals surface area (Å²) in [4.78, 5) is 12.2. The Bertz CT molecular complexity index is 1000. The van der Waals surface area contributed by atoms with Crippen LogP contribution < -0.4 is 14.8 Å². The molecule has 2 aliphatic rings. The summed E-state index contributed by atoms with van der Waals surface area (Å²) in [6.07, 6.45) is 5.52. The van der Waals surface area contributed by atoms with E-state index in [1.807, 2.05) is 19.1 Å². The molecule has 0 fully saturated rings. The molecule has 4 rings (SSSR count). The highest BCUT2D eigenvalue weighted by Crippen LogP contribution is 2.52. The van der Waals surface area contributed by atoms with Crippen LogP contribution in [0.3, 0.4) is 0 Å². The van der Waals surface area contributed by atoms with Crippen LogP contribution >= 0.6 is 15.9 Å². The number of anilines is 1. The Morgan fingerprint density at radius 2 is 1.97 bits per heavy atom. The molecule has 6 heteroatoms. The number of hydrogen-bond donors (Lipinski definition) is 1. The molecule has 2 aromatic carbocycles. The minimum Gasteiger partial charge on any atom is -0.493 e. The summed E-state index contributed by atoms with van der Waals surface area (Å²) in [6, 6.07) is 8.11. The number of hydrogen-bond acceptors (Lipinski definition) is 5. The van der Waals surface area contributed by atoms with E-state index in [0.29, 0.717) is 28.9 Å². The van der Waals surface area contributed by atoms with Gasteiger partial charge in [0, 0.05) is 11.6 Å². The maximum atomic E-state index is 12.2. The minimum absolute atomic E-state index is 0.0743. The topological polar surface area (TPSA) is 56.8 Å². The fraction of sp³-hybridized carbons (Fsp3) is 0.348. The molecule has 1 aliphatic carbocycles. The fourth-order valence-corrected chi connectivity index (χ4v) is 5.21. The Morgan fingerprint density at radius 1 is 1.17 bits per heavy atom. The largest absolute Gasteiger partial charge is 0.493 e. The predicted molar refractivity (Wildman–Crippen MR) is 116 cm³/mol. The van der Waals surface area contributed by atoms with Crippen LogP contribution in [0.5, 0.6) is 11.5 Å². The molecule has 0 bridgehead atoms. The Kier molecular flexibility index (Phi) is 5.30. The average molecular weight is 458 g/mol. The quantitative estimate of drug-likeness (QED) is 0.492. The molecule has 0 aromatic heterocycles. The highest BCUT2D eigenvalue weighted by Gasteiger charge is 2.39. The molecule has 0 radical (unpaired) electrons. The molecular formula is C23H24BrNO4. The summed E-state index contributed by atoms with van der Waals surface area (Å²) < 4.78 is 16.8. The van der Waals surface area contributed by atoms with Gasteiger partial charge in [-0.25, -0.2) is 4.79 Å². The molecule has 1 N–H and O–H groups in total. The number of carbonyl (C=O) groups is 1. The van der Waals surface area contributed by atoms with Gasteiger partial charge in [0.05, 0.1) is 37.4 Å². The van der Waals surface area contributed by atoms with E-state index in [1.165, 1.54) is 12.7 Å². The van der Waals surface area contributed by atoms with Gasteiger partial charge in [0.2, 0.25) is 0 Å². The third-order valence-electron chi connectivity index (χ3n) is 6.02. The van der Waals surface area contributed by atoms with Gasteiger partial charge in [-0.1, -0.05) is 18.2 Å². The van der Waals surface area contributed by atoms with Gasteiger partial charge >= 0.3 is 5.97 Å². The monoisotopic (exact) mass is 457 g/mol. The van der Waals surface area contributed by atoms with Crippen LogP contribution in [0.4, 0.5) is 5.69 Å². The van der Waals surface area contributed by atoms with E-state index in [4.69, 9.17) is 14.2 Å². The van der Waals surface area contributed by atoms with Crippen LogP contribution in [0, 0.1) is 12.8 Å². The lowest BCUT2D eigenvalue weighted by Crippen LogP contribution is -2.30. The normalized spacial score (nSPS) is 21.8. The number of ether oxygens (including phenoxy) is 3. The number of carbonyl (C=O) groups excluding carboxylic acids is 1. The molecule has 1 heterocycles. The standard InChI is InChI=1S/C23H24BrNO4/c1-12-14(23(26)29-4)8-9-17-15-6-5-7-16(15)21(25-20(12)17)13-10-18(24)22(28-3)19(11-13)27-2/h5-6,8-11,15-16,21,25H,7H2,1-4H3/t15-,16+,21-/m1/s1. The number of fused-ring (bicyclic) bond motifs is 3. The van der Waals surface area contributed by atoms with Crippen LogP contribution in [0.15, 0.2) is 40.9 Å².